The highest BCUT2D eigenvalue weighted by Crippen LogP contribution is 2.54. The summed E-state index contributed by atoms with van der Waals surface area (Å²) < 4.78 is 29.3. The van der Waals surface area contributed by atoms with Crippen LogP contribution in [0.2, 0.25) is 10.0 Å². The first kappa shape index (κ1) is 32.0. The number of carboxylic acids is 1. The van der Waals surface area contributed by atoms with Gasteiger partial charge in [-0.15, -0.1) is 0 Å². The van der Waals surface area contributed by atoms with E-state index in [1.807, 2.05) is 36.4 Å². The molecule has 3 aromatic rings. The van der Waals surface area contributed by atoms with Crippen LogP contribution in [0.5, 0.6) is 0 Å². The molecule has 44 heavy (non-hydrogen) atoms. The van der Waals surface area contributed by atoms with Crippen LogP contribution in [0, 0.1) is 22.7 Å². The highest BCUT2D eigenvalue weighted by Gasteiger charge is 2.54. The van der Waals surface area contributed by atoms with E-state index < -0.39 is 33.5 Å². The molecule has 1 saturated heterocycles. The SMILES string of the molecule is C[C@]1(CC(=O)O)C[C@H](c2cccc(Cl)c2)[C@@H](c2ccc(Cl)cc2)N([C@H](CNS(=O)(=O)Cc2cccc(C#N)c2)C2CC2)C1=O. The molecule has 230 valence electrons. The van der Waals surface area contributed by atoms with Crippen molar-refractivity contribution in [1.29, 1.82) is 5.26 Å². The van der Waals surface area contributed by atoms with E-state index in [2.05, 4.69) is 4.72 Å². The van der Waals surface area contributed by atoms with Gasteiger partial charge < -0.3 is 10.0 Å². The Morgan fingerprint density at radius 3 is 2.41 bits per heavy atom. The average Bonchev–Trinajstić information content (AvgIpc) is 3.81. The summed E-state index contributed by atoms with van der Waals surface area (Å²) in [4.78, 5) is 28.4. The van der Waals surface area contributed by atoms with E-state index in [9.17, 15) is 28.4 Å². The molecule has 2 N–H and O–H groups in total. The lowest BCUT2D eigenvalue weighted by molar-refractivity contribution is -0.161. The van der Waals surface area contributed by atoms with Crippen molar-refractivity contribution in [2.45, 2.75) is 56.4 Å². The standard InChI is InChI=1S/C33H33Cl2N3O5S/c1-33(17-30(39)40)16-28(25-6-3-7-27(35)15-25)31(24-10-12-26(34)13-11-24)38(32(33)41)29(23-8-9-23)19-37-44(42,43)20-22-5-2-4-21(14-22)18-36/h2-7,10-15,23,28-29,31,37H,8-9,16-17,19-20H2,1H3,(H,39,40)/t28-,29-,31-,33-/m1/s1. The van der Waals surface area contributed by atoms with E-state index in [1.165, 1.54) is 6.07 Å². The number of sulfonamides is 1. The third-order valence-electron chi connectivity index (χ3n) is 8.58. The van der Waals surface area contributed by atoms with Crippen LogP contribution in [0.25, 0.3) is 0 Å². The number of hydrogen-bond donors (Lipinski definition) is 2. The maximum absolute atomic E-state index is 14.5. The number of benzene rings is 3. The number of rotatable bonds is 11. The summed E-state index contributed by atoms with van der Waals surface area (Å²) in [6, 6.07) is 22.0. The van der Waals surface area contributed by atoms with Crippen molar-refractivity contribution in [1.82, 2.24) is 9.62 Å². The number of piperidine rings is 1. The van der Waals surface area contributed by atoms with Gasteiger partial charge in [0.2, 0.25) is 15.9 Å². The molecule has 2 fully saturated rings. The number of carbonyl (C=O) groups is 2. The van der Waals surface area contributed by atoms with Crippen LogP contribution in [0.15, 0.2) is 72.8 Å². The van der Waals surface area contributed by atoms with Crippen LogP contribution in [-0.2, 0) is 25.4 Å². The van der Waals surface area contributed by atoms with Gasteiger partial charge in [0.25, 0.3) is 0 Å². The van der Waals surface area contributed by atoms with Gasteiger partial charge in [0.05, 0.1) is 35.3 Å². The van der Waals surface area contributed by atoms with Gasteiger partial charge in [-0.2, -0.15) is 5.26 Å². The molecule has 1 heterocycles. The Morgan fingerprint density at radius 1 is 1.07 bits per heavy atom. The van der Waals surface area contributed by atoms with E-state index >= 15 is 0 Å². The van der Waals surface area contributed by atoms with Crippen LogP contribution >= 0.6 is 23.2 Å². The summed E-state index contributed by atoms with van der Waals surface area (Å²) in [5, 5.41) is 20.2. The number of halogens is 2. The predicted octanol–water partition coefficient (Wildman–Crippen LogP) is 6.30. The van der Waals surface area contributed by atoms with Crippen molar-refractivity contribution in [2.75, 3.05) is 6.54 Å². The third-order valence-corrected chi connectivity index (χ3v) is 10.4. The molecule has 1 saturated carbocycles. The lowest BCUT2D eigenvalue weighted by atomic mass is 9.67. The number of hydrogen-bond acceptors (Lipinski definition) is 5. The number of amides is 1. The minimum atomic E-state index is -3.85. The molecule has 1 aliphatic heterocycles. The van der Waals surface area contributed by atoms with Crippen LogP contribution in [0.1, 0.15) is 66.8 Å². The lowest BCUT2D eigenvalue weighted by Crippen LogP contribution is -2.59. The van der Waals surface area contributed by atoms with Crippen molar-refractivity contribution in [3.05, 3.63) is 105 Å². The van der Waals surface area contributed by atoms with Gasteiger partial charge in [-0.25, -0.2) is 13.1 Å². The second kappa shape index (κ2) is 12.9. The fraction of sp³-hybridized carbons (Fsp3) is 0.364. The molecule has 0 spiro atoms. The Hall–Kier alpha value is -3.42. The Balaban J connectivity index is 1.56. The molecule has 0 aromatic heterocycles. The zero-order valence-electron chi connectivity index (χ0n) is 24.1. The molecule has 3 aromatic carbocycles. The first-order valence-electron chi connectivity index (χ1n) is 14.4. The van der Waals surface area contributed by atoms with Gasteiger partial charge in [0, 0.05) is 28.5 Å². The summed E-state index contributed by atoms with van der Waals surface area (Å²) in [5.41, 5.74) is 1.27. The Kier molecular flexibility index (Phi) is 9.38. The van der Waals surface area contributed by atoms with Crippen molar-refractivity contribution in [3.63, 3.8) is 0 Å². The molecule has 2 aliphatic rings. The minimum absolute atomic E-state index is 0.0329. The van der Waals surface area contributed by atoms with Crippen LogP contribution in [0.4, 0.5) is 0 Å². The molecule has 0 radical (unpaired) electrons. The van der Waals surface area contributed by atoms with E-state index in [4.69, 9.17) is 23.2 Å². The largest absolute Gasteiger partial charge is 0.481 e. The average molecular weight is 655 g/mol. The Labute approximate surface area is 267 Å². The van der Waals surface area contributed by atoms with Crippen LogP contribution < -0.4 is 4.72 Å². The van der Waals surface area contributed by atoms with Gasteiger partial charge in [0.15, 0.2) is 0 Å². The second-order valence-electron chi connectivity index (χ2n) is 12.0. The van der Waals surface area contributed by atoms with Crippen molar-refractivity contribution < 1.29 is 23.1 Å². The van der Waals surface area contributed by atoms with Crippen molar-refractivity contribution >= 4 is 45.1 Å². The molecule has 0 bridgehead atoms. The summed E-state index contributed by atoms with van der Waals surface area (Å²) in [6.45, 7) is 1.65. The molecular weight excluding hydrogens is 621 g/mol. The number of carboxylic acid groups (broad SMARTS) is 1. The fourth-order valence-electron chi connectivity index (χ4n) is 6.43. The maximum atomic E-state index is 14.5. The van der Waals surface area contributed by atoms with E-state index in [-0.39, 0.29) is 42.9 Å². The van der Waals surface area contributed by atoms with E-state index in [1.54, 1.807) is 48.2 Å². The topological polar surface area (TPSA) is 128 Å². The molecule has 4 atom stereocenters. The summed E-state index contributed by atoms with van der Waals surface area (Å²) in [5.74, 6) is -2.03. The number of nitrogens with zero attached hydrogens (tertiary/aromatic N) is 2. The summed E-state index contributed by atoms with van der Waals surface area (Å²) in [6.07, 6.45) is 1.52. The van der Waals surface area contributed by atoms with Gasteiger partial charge in [-0.3, -0.25) is 9.59 Å². The molecule has 1 aliphatic carbocycles. The predicted molar refractivity (Wildman–Crippen MR) is 169 cm³/mol. The molecular formula is C33H33Cl2N3O5S. The number of carbonyl (C=O) groups excluding carboxylic acids is 1. The quantitative estimate of drug-likeness (QED) is 0.250. The van der Waals surface area contributed by atoms with Crippen molar-refractivity contribution in [3.8, 4) is 6.07 Å². The normalized spacial score (nSPS) is 22.8. The first-order chi connectivity index (χ1) is 20.9. The van der Waals surface area contributed by atoms with Crippen LogP contribution in [0.3, 0.4) is 0 Å². The number of likely N-dealkylation sites (tertiary alicyclic amines) is 1. The molecule has 1 amide bonds. The highest BCUT2D eigenvalue weighted by molar-refractivity contribution is 7.88. The number of nitrogens with one attached hydrogen (secondary N) is 1. The van der Waals surface area contributed by atoms with Gasteiger partial charge in [-0.05, 0) is 78.3 Å². The summed E-state index contributed by atoms with van der Waals surface area (Å²) in [7, 11) is -3.85. The molecule has 0 unspecified atom stereocenters. The Morgan fingerprint density at radius 2 is 1.77 bits per heavy atom. The van der Waals surface area contributed by atoms with Crippen LogP contribution in [-0.4, -0.2) is 42.9 Å². The van der Waals surface area contributed by atoms with Gasteiger partial charge >= 0.3 is 5.97 Å². The second-order valence-corrected chi connectivity index (χ2v) is 14.7. The highest BCUT2D eigenvalue weighted by atomic mass is 35.5. The van der Waals surface area contributed by atoms with E-state index in [0.717, 1.165) is 24.0 Å². The monoisotopic (exact) mass is 653 g/mol. The molecule has 8 nitrogen and oxygen atoms in total. The minimum Gasteiger partial charge on any atom is -0.481 e. The zero-order chi connectivity index (χ0) is 31.6. The van der Waals surface area contributed by atoms with Gasteiger partial charge in [-0.1, -0.05) is 66.5 Å². The lowest BCUT2D eigenvalue weighted by Gasteiger charge is -2.52. The van der Waals surface area contributed by atoms with E-state index in [0.29, 0.717) is 21.2 Å². The number of nitriles is 1. The maximum Gasteiger partial charge on any atom is 0.304 e. The smallest absolute Gasteiger partial charge is 0.304 e. The van der Waals surface area contributed by atoms with Crippen molar-refractivity contribution in [2.24, 2.45) is 11.3 Å². The first-order valence-corrected chi connectivity index (χ1v) is 16.8. The molecule has 11 heteroatoms. The number of aliphatic carboxylic acids is 1. The zero-order valence-corrected chi connectivity index (χ0v) is 26.4. The third kappa shape index (κ3) is 7.27. The summed E-state index contributed by atoms with van der Waals surface area (Å²) >= 11 is 12.7. The van der Waals surface area contributed by atoms with Gasteiger partial charge in [0.1, 0.15) is 0 Å². The molecule has 5 rings (SSSR count). The fourth-order valence-corrected chi connectivity index (χ4v) is 7.90. The Bertz CT molecular complexity index is 1700.